The molecule has 0 atom stereocenters. The molecule has 9 heteroatoms. The number of non-ortho nitro benzene ring substituents is 1. The van der Waals surface area contributed by atoms with Crippen LogP contribution < -0.4 is 10.2 Å². The highest BCUT2D eigenvalue weighted by atomic mass is 19.1. The van der Waals surface area contributed by atoms with Crippen LogP contribution in [0, 0.1) is 15.9 Å². The summed E-state index contributed by atoms with van der Waals surface area (Å²) in [6, 6.07) is 3.67. The number of nitro benzene ring substituents is 1. The molecule has 0 aliphatic carbocycles. The van der Waals surface area contributed by atoms with Gasteiger partial charge in [-0.25, -0.2) is 4.39 Å². The molecule has 1 fully saturated rings. The van der Waals surface area contributed by atoms with Gasteiger partial charge in [-0.1, -0.05) is 0 Å². The van der Waals surface area contributed by atoms with Crippen molar-refractivity contribution in [1.29, 1.82) is 0 Å². The van der Waals surface area contributed by atoms with E-state index < -0.39 is 10.7 Å². The van der Waals surface area contributed by atoms with Crippen molar-refractivity contribution in [2.45, 2.75) is 18.9 Å². The Morgan fingerprint density at radius 3 is 2.68 bits per heavy atom. The first kappa shape index (κ1) is 16.9. The van der Waals surface area contributed by atoms with Gasteiger partial charge in [0.1, 0.15) is 0 Å². The van der Waals surface area contributed by atoms with Gasteiger partial charge in [0.25, 0.3) is 11.6 Å². The molecule has 1 aromatic carbocycles. The van der Waals surface area contributed by atoms with Crippen LogP contribution in [0.4, 0.5) is 15.8 Å². The van der Waals surface area contributed by atoms with E-state index in [2.05, 4.69) is 10.4 Å². The van der Waals surface area contributed by atoms with Gasteiger partial charge in [0, 0.05) is 38.4 Å². The van der Waals surface area contributed by atoms with Crippen LogP contribution in [0.5, 0.6) is 0 Å². The van der Waals surface area contributed by atoms with Crippen LogP contribution in [0.3, 0.4) is 0 Å². The van der Waals surface area contributed by atoms with E-state index in [1.165, 1.54) is 18.3 Å². The summed E-state index contributed by atoms with van der Waals surface area (Å²) in [6.45, 7) is 1.12. The minimum absolute atomic E-state index is 0.00469. The highest BCUT2D eigenvalue weighted by Crippen LogP contribution is 2.26. The van der Waals surface area contributed by atoms with Crippen LogP contribution in [-0.2, 0) is 7.05 Å². The number of amides is 1. The van der Waals surface area contributed by atoms with Crippen molar-refractivity contribution in [1.82, 2.24) is 15.1 Å². The average Bonchev–Trinajstić information content (AvgIpc) is 3.02. The zero-order valence-electron chi connectivity index (χ0n) is 13.7. The number of halogens is 1. The van der Waals surface area contributed by atoms with Crippen molar-refractivity contribution in [3.8, 4) is 0 Å². The van der Waals surface area contributed by atoms with Gasteiger partial charge in [0.15, 0.2) is 5.82 Å². The molecule has 1 saturated heterocycles. The number of carbonyl (C=O) groups is 1. The molecule has 1 amide bonds. The molecule has 132 valence electrons. The van der Waals surface area contributed by atoms with Crippen LogP contribution in [-0.4, -0.2) is 39.7 Å². The zero-order valence-corrected chi connectivity index (χ0v) is 13.7. The molecule has 2 heterocycles. The monoisotopic (exact) mass is 347 g/mol. The van der Waals surface area contributed by atoms with E-state index >= 15 is 0 Å². The summed E-state index contributed by atoms with van der Waals surface area (Å²) < 4.78 is 15.7. The van der Waals surface area contributed by atoms with Crippen molar-refractivity contribution in [3.63, 3.8) is 0 Å². The lowest BCUT2D eigenvalue weighted by atomic mass is 10.0. The maximum Gasteiger partial charge on any atom is 0.272 e. The van der Waals surface area contributed by atoms with Crippen molar-refractivity contribution < 1.29 is 14.1 Å². The molecule has 25 heavy (non-hydrogen) atoms. The van der Waals surface area contributed by atoms with Crippen LogP contribution >= 0.6 is 0 Å². The molecule has 8 nitrogen and oxygen atoms in total. The maximum atomic E-state index is 14.1. The number of carbonyl (C=O) groups excluding carboxylic acids is 1. The van der Waals surface area contributed by atoms with Crippen molar-refractivity contribution in [3.05, 3.63) is 52.1 Å². The zero-order chi connectivity index (χ0) is 18.0. The molecule has 1 aliphatic rings. The summed E-state index contributed by atoms with van der Waals surface area (Å²) in [5, 5.41) is 17.6. The summed E-state index contributed by atoms with van der Waals surface area (Å²) in [7, 11) is 1.74. The van der Waals surface area contributed by atoms with Gasteiger partial charge >= 0.3 is 0 Å². The summed E-state index contributed by atoms with van der Waals surface area (Å²) in [6.07, 6.45) is 4.50. The smallest absolute Gasteiger partial charge is 0.272 e. The van der Waals surface area contributed by atoms with Crippen molar-refractivity contribution >= 4 is 17.3 Å². The number of aromatic nitrogens is 2. The van der Waals surface area contributed by atoms with E-state index in [9.17, 15) is 19.3 Å². The number of anilines is 1. The normalized spacial score (nSPS) is 15.2. The summed E-state index contributed by atoms with van der Waals surface area (Å²) in [4.78, 5) is 24.0. The third-order valence-electron chi connectivity index (χ3n) is 4.28. The Morgan fingerprint density at radius 2 is 2.12 bits per heavy atom. The van der Waals surface area contributed by atoms with E-state index in [0.29, 0.717) is 37.2 Å². The first-order valence-corrected chi connectivity index (χ1v) is 7.92. The lowest BCUT2D eigenvalue weighted by Crippen LogP contribution is -2.44. The summed E-state index contributed by atoms with van der Waals surface area (Å²) >= 11 is 0. The third-order valence-corrected chi connectivity index (χ3v) is 4.28. The molecule has 0 radical (unpaired) electrons. The van der Waals surface area contributed by atoms with Crippen molar-refractivity contribution in [2.24, 2.45) is 7.05 Å². The lowest BCUT2D eigenvalue weighted by molar-refractivity contribution is -0.385. The molecular weight excluding hydrogens is 329 g/mol. The second-order valence-corrected chi connectivity index (χ2v) is 6.03. The predicted octanol–water partition coefficient (Wildman–Crippen LogP) is 1.87. The highest BCUT2D eigenvalue weighted by molar-refractivity contribution is 5.93. The molecule has 1 aromatic heterocycles. The Balaban J connectivity index is 1.58. The molecule has 0 spiro atoms. The van der Waals surface area contributed by atoms with E-state index in [0.717, 1.165) is 6.07 Å². The molecule has 0 unspecified atom stereocenters. The molecular formula is C16H18FN5O3. The van der Waals surface area contributed by atoms with E-state index in [1.54, 1.807) is 17.9 Å². The minimum Gasteiger partial charge on any atom is -0.369 e. The Morgan fingerprint density at radius 1 is 1.40 bits per heavy atom. The van der Waals surface area contributed by atoms with E-state index in [4.69, 9.17) is 0 Å². The Labute approximate surface area is 143 Å². The number of rotatable bonds is 4. The molecule has 2 aromatic rings. The summed E-state index contributed by atoms with van der Waals surface area (Å²) in [5.41, 5.74) is 0.592. The number of benzene rings is 1. The van der Waals surface area contributed by atoms with Crippen LogP contribution in [0.1, 0.15) is 23.2 Å². The average molecular weight is 347 g/mol. The largest absolute Gasteiger partial charge is 0.369 e. The molecule has 0 saturated carbocycles. The highest BCUT2D eigenvalue weighted by Gasteiger charge is 2.24. The summed E-state index contributed by atoms with van der Waals surface area (Å²) in [5.74, 6) is -0.778. The number of nitrogens with zero attached hydrogens (tertiary/aromatic N) is 4. The number of hydrogen-bond donors (Lipinski definition) is 1. The second-order valence-electron chi connectivity index (χ2n) is 6.03. The third kappa shape index (κ3) is 3.76. The Kier molecular flexibility index (Phi) is 4.64. The minimum atomic E-state index is -0.618. The number of nitro groups is 1. The van der Waals surface area contributed by atoms with Crippen LogP contribution in [0.15, 0.2) is 30.6 Å². The van der Waals surface area contributed by atoms with E-state index in [-0.39, 0.29) is 17.6 Å². The molecule has 1 aliphatic heterocycles. The predicted molar refractivity (Wildman–Crippen MR) is 89.0 cm³/mol. The fourth-order valence-corrected chi connectivity index (χ4v) is 2.94. The quantitative estimate of drug-likeness (QED) is 0.673. The lowest BCUT2D eigenvalue weighted by Gasteiger charge is -2.34. The van der Waals surface area contributed by atoms with Crippen LogP contribution in [0.2, 0.25) is 0 Å². The first-order valence-electron chi connectivity index (χ1n) is 7.92. The van der Waals surface area contributed by atoms with Gasteiger partial charge in [-0.15, -0.1) is 0 Å². The standard InChI is InChI=1S/C16H18FN5O3/c1-20-10-11(9-18-20)16(23)19-12-4-6-21(7-5-12)15-3-2-13(22(24)25)8-14(15)17/h2-3,8-10,12H,4-7H2,1H3,(H,19,23). The number of nitrogens with one attached hydrogen (secondary N) is 1. The fraction of sp³-hybridized carbons (Fsp3) is 0.375. The van der Waals surface area contributed by atoms with Gasteiger partial charge in [-0.05, 0) is 18.9 Å². The van der Waals surface area contributed by atoms with Gasteiger partial charge in [-0.2, -0.15) is 5.10 Å². The topological polar surface area (TPSA) is 93.3 Å². The Hall–Kier alpha value is -2.97. The van der Waals surface area contributed by atoms with Crippen molar-refractivity contribution in [2.75, 3.05) is 18.0 Å². The molecule has 1 N–H and O–H groups in total. The van der Waals surface area contributed by atoms with Gasteiger partial charge in [0.2, 0.25) is 0 Å². The van der Waals surface area contributed by atoms with E-state index in [1.807, 2.05) is 4.90 Å². The number of piperidine rings is 1. The number of hydrogen-bond acceptors (Lipinski definition) is 5. The SMILES string of the molecule is Cn1cc(C(=O)NC2CCN(c3ccc([N+](=O)[O-])cc3F)CC2)cn1. The molecule has 3 rings (SSSR count). The van der Waals surface area contributed by atoms with Gasteiger partial charge < -0.3 is 10.2 Å². The van der Waals surface area contributed by atoms with Gasteiger partial charge in [0.05, 0.1) is 28.4 Å². The second kappa shape index (κ2) is 6.88. The fourth-order valence-electron chi connectivity index (χ4n) is 2.94. The maximum absolute atomic E-state index is 14.1. The number of aryl methyl sites for hydroxylation is 1. The van der Waals surface area contributed by atoms with Gasteiger partial charge in [-0.3, -0.25) is 19.6 Å². The molecule has 0 bridgehead atoms. The Bertz CT molecular complexity index is 799. The van der Waals surface area contributed by atoms with Crippen LogP contribution in [0.25, 0.3) is 0 Å². The first-order chi connectivity index (χ1) is 11.9.